The molecule has 0 aromatic heterocycles. The van der Waals surface area contributed by atoms with E-state index < -0.39 is 0 Å². The number of hydrogen-bond donors (Lipinski definition) is 1. The van der Waals surface area contributed by atoms with Crippen molar-refractivity contribution in [1.82, 2.24) is 5.32 Å². The van der Waals surface area contributed by atoms with Gasteiger partial charge in [-0.15, -0.1) is 0 Å². The maximum absolute atomic E-state index is 11.8. The van der Waals surface area contributed by atoms with Crippen molar-refractivity contribution in [1.29, 1.82) is 0 Å². The van der Waals surface area contributed by atoms with Gasteiger partial charge < -0.3 is 15.0 Å². The first-order chi connectivity index (χ1) is 12.0. The molecule has 1 N–H and O–H groups in total. The molecule has 0 bridgehead atoms. The fourth-order valence-corrected chi connectivity index (χ4v) is 2.54. The number of benzene rings is 2. The molecule has 134 valence electrons. The second-order valence-corrected chi connectivity index (χ2v) is 6.69. The molecule has 6 heteroatoms. The third-order valence-electron chi connectivity index (χ3n) is 3.68. The van der Waals surface area contributed by atoms with Crippen molar-refractivity contribution in [2.45, 2.75) is 12.8 Å². The van der Waals surface area contributed by atoms with Crippen LogP contribution in [0.1, 0.15) is 12.0 Å². The van der Waals surface area contributed by atoms with Crippen LogP contribution in [0.3, 0.4) is 0 Å². The number of hydrogen-bond acceptors (Lipinski definition) is 3. The lowest BCUT2D eigenvalue weighted by Crippen LogP contribution is -2.29. The van der Waals surface area contributed by atoms with E-state index in [0.717, 1.165) is 12.8 Å². The van der Waals surface area contributed by atoms with Crippen LogP contribution in [0.2, 0.25) is 10.0 Å². The minimum Gasteiger partial charge on any atom is -0.484 e. The molecule has 0 saturated carbocycles. The van der Waals surface area contributed by atoms with Crippen LogP contribution in [0.5, 0.6) is 5.75 Å². The monoisotopic (exact) mass is 380 g/mol. The highest BCUT2D eigenvalue weighted by molar-refractivity contribution is 6.42. The quantitative estimate of drug-likeness (QED) is 0.698. The van der Waals surface area contributed by atoms with Crippen LogP contribution in [0, 0.1) is 0 Å². The van der Waals surface area contributed by atoms with Gasteiger partial charge in [0.25, 0.3) is 5.91 Å². The van der Waals surface area contributed by atoms with E-state index in [0.29, 0.717) is 22.3 Å². The molecule has 0 spiro atoms. The van der Waals surface area contributed by atoms with Gasteiger partial charge in [-0.3, -0.25) is 4.79 Å². The Balaban J connectivity index is 1.65. The average molecular weight is 381 g/mol. The van der Waals surface area contributed by atoms with Crippen LogP contribution >= 0.6 is 23.2 Å². The lowest BCUT2D eigenvalue weighted by Gasteiger charge is -2.12. The first-order valence-electron chi connectivity index (χ1n) is 8.06. The van der Waals surface area contributed by atoms with E-state index in [1.807, 2.05) is 14.1 Å². The molecule has 0 saturated heterocycles. The molecule has 4 nitrogen and oxygen atoms in total. The number of amides is 1. The molecule has 0 radical (unpaired) electrons. The summed E-state index contributed by atoms with van der Waals surface area (Å²) in [5.41, 5.74) is 2.43. The van der Waals surface area contributed by atoms with Crippen molar-refractivity contribution < 1.29 is 9.53 Å². The Morgan fingerprint density at radius 1 is 1.08 bits per heavy atom. The predicted octanol–water partition coefficient (Wildman–Crippen LogP) is 4.19. The van der Waals surface area contributed by atoms with E-state index in [4.69, 9.17) is 27.9 Å². The fourth-order valence-electron chi connectivity index (χ4n) is 2.25. The average Bonchev–Trinajstić information content (AvgIpc) is 2.60. The predicted molar refractivity (Wildman–Crippen MR) is 104 cm³/mol. The largest absolute Gasteiger partial charge is 0.484 e. The number of nitrogens with one attached hydrogen (secondary N) is 1. The maximum atomic E-state index is 11.8. The third kappa shape index (κ3) is 6.48. The van der Waals surface area contributed by atoms with Crippen molar-refractivity contribution in [3.8, 4) is 5.75 Å². The molecular weight excluding hydrogens is 359 g/mol. The van der Waals surface area contributed by atoms with E-state index in [1.165, 1.54) is 11.3 Å². The van der Waals surface area contributed by atoms with Gasteiger partial charge >= 0.3 is 0 Å². The Morgan fingerprint density at radius 2 is 1.80 bits per heavy atom. The maximum Gasteiger partial charge on any atom is 0.257 e. The highest BCUT2D eigenvalue weighted by atomic mass is 35.5. The van der Waals surface area contributed by atoms with Crippen molar-refractivity contribution in [3.05, 3.63) is 58.1 Å². The smallest absolute Gasteiger partial charge is 0.257 e. The Kier molecular flexibility index (Phi) is 7.41. The number of ether oxygens (including phenoxy) is 1. The summed E-state index contributed by atoms with van der Waals surface area (Å²) in [7, 11) is 4.04. The molecule has 25 heavy (non-hydrogen) atoms. The van der Waals surface area contributed by atoms with Gasteiger partial charge in [0.05, 0.1) is 10.0 Å². The van der Waals surface area contributed by atoms with Crippen molar-refractivity contribution in [2.24, 2.45) is 0 Å². The minimum absolute atomic E-state index is 0.0461. The Hall–Kier alpha value is -1.91. The summed E-state index contributed by atoms with van der Waals surface area (Å²) in [6, 6.07) is 13.3. The number of rotatable bonds is 8. The molecule has 0 unspecified atom stereocenters. The number of anilines is 1. The molecule has 0 atom stereocenters. The second kappa shape index (κ2) is 9.54. The first-order valence-corrected chi connectivity index (χ1v) is 8.82. The van der Waals surface area contributed by atoms with Crippen LogP contribution < -0.4 is 15.0 Å². The molecule has 0 heterocycles. The summed E-state index contributed by atoms with van der Waals surface area (Å²) < 4.78 is 5.39. The van der Waals surface area contributed by atoms with Gasteiger partial charge in [-0.25, -0.2) is 0 Å². The summed E-state index contributed by atoms with van der Waals surface area (Å²) >= 11 is 11.7. The third-order valence-corrected chi connectivity index (χ3v) is 4.42. The first kappa shape index (κ1) is 19.4. The lowest BCUT2D eigenvalue weighted by atomic mass is 10.1. The van der Waals surface area contributed by atoms with Crippen LogP contribution in [-0.2, 0) is 11.2 Å². The summed E-state index contributed by atoms with van der Waals surface area (Å²) in [4.78, 5) is 13.9. The van der Waals surface area contributed by atoms with Gasteiger partial charge in [-0.1, -0.05) is 35.3 Å². The van der Waals surface area contributed by atoms with Crippen LogP contribution in [-0.4, -0.2) is 33.2 Å². The van der Waals surface area contributed by atoms with Crippen molar-refractivity contribution in [2.75, 3.05) is 32.1 Å². The molecule has 0 fully saturated rings. The zero-order chi connectivity index (χ0) is 18.2. The number of carbonyl (C=O) groups excluding carboxylic acids is 1. The van der Waals surface area contributed by atoms with Gasteiger partial charge in [0.15, 0.2) is 6.61 Å². The van der Waals surface area contributed by atoms with Gasteiger partial charge in [-0.2, -0.15) is 0 Å². The number of aryl methyl sites for hydroxylation is 1. The van der Waals surface area contributed by atoms with Crippen LogP contribution in [0.25, 0.3) is 0 Å². The normalized spacial score (nSPS) is 10.4. The zero-order valence-corrected chi connectivity index (χ0v) is 15.9. The standard InChI is InChI=1S/C19H22Cl2N2O2/c1-23(2)15-7-5-14(6-8-15)4-3-11-22-19(24)13-25-16-9-10-17(20)18(21)12-16/h5-10,12H,3-4,11,13H2,1-2H3,(H,22,24). The van der Waals surface area contributed by atoms with Gasteiger partial charge in [0.1, 0.15) is 5.75 Å². The molecular formula is C19H22Cl2N2O2. The van der Waals surface area contributed by atoms with E-state index >= 15 is 0 Å². The Labute approximate surface area is 158 Å². The zero-order valence-electron chi connectivity index (χ0n) is 14.4. The SMILES string of the molecule is CN(C)c1ccc(CCCNC(=O)COc2ccc(Cl)c(Cl)c2)cc1. The Bertz CT molecular complexity index is 703. The van der Waals surface area contributed by atoms with Crippen LogP contribution in [0.4, 0.5) is 5.69 Å². The lowest BCUT2D eigenvalue weighted by molar-refractivity contribution is -0.123. The van der Waals surface area contributed by atoms with E-state index in [2.05, 4.69) is 34.5 Å². The van der Waals surface area contributed by atoms with Crippen molar-refractivity contribution in [3.63, 3.8) is 0 Å². The molecule has 0 aliphatic rings. The summed E-state index contributed by atoms with van der Waals surface area (Å²) in [5, 5.41) is 3.71. The minimum atomic E-state index is -0.158. The van der Waals surface area contributed by atoms with E-state index in [1.54, 1.807) is 18.2 Å². The number of carbonyl (C=O) groups is 1. The molecule has 2 aromatic rings. The second-order valence-electron chi connectivity index (χ2n) is 5.88. The van der Waals surface area contributed by atoms with Crippen molar-refractivity contribution >= 4 is 34.8 Å². The number of nitrogens with zero attached hydrogens (tertiary/aromatic N) is 1. The summed E-state index contributed by atoms with van der Waals surface area (Å²) in [6.07, 6.45) is 1.79. The highest BCUT2D eigenvalue weighted by Crippen LogP contribution is 2.26. The molecule has 2 aromatic carbocycles. The fraction of sp³-hybridized carbons (Fsp3) is 0.316. The highest BCUT2D eigenvalue weighted by Gasteiger charge is 2.05. The van der Waals surface area contributed by atoms with E-state index in [9.17, 15) is 4.79 Å². The number of halogens is 2. The van der Waals surface area contributed by atoms with Crippen LogP contribution in [0.15, 0.2) is 42.5 Å². The molecule has 2 rings (SSSR count). The molecule has 0 aliphatic carbocycles. The molecule has 0 aliphatic heterocycles. The van der Waals surface area contributed by atoms with Gasteiger partial charge in [0.2, 0.25) is 0 Å². The van der Waals surface area contributed by atoms with E-state index in [-0.39, 0.29) is 12.5 Å². The molecule has 1 amide bonds. The van der Waals surface area contributed by atoms with Gasteiger partial charge in [0, 0.05) is 32.4 Å². The topological polar surface area (TPSA) is 41.6 Å². The summed E-state index contributed by atoms with van der Waals surface area (Å²) in [6.45, 7) is 0.564. The summed E-state index contributed by atoms with van der Waals surface area (Å²) in [5.74, 6) is 0.361. The van der Waals surface area contributed by atoms with Gasteiger partial charge in [-0.05, 0) is 42.7 Å². The Morgan fingerprint density at radius 3 is 2.44 bits per heavy atom.